The highest BCUT2D eigenvalue weighted by molar-refractivity contribution is 7.86. The lowest BCUT2D eigenvalue weighted by Crippen LogP contribution is -2.61. The third-order valence-corrected chi connectivity index (χ3v) is 7.44. The predicted octanol–water partition coefficient (Wildman–Crippen LogP) is 0.962. The fourth-order valence-electron chi connectivity index (χ4n) is 4.12. The smallest absolute Gasteiger partial charge is 0.294 e. The highest BCUT2D eigenvalue weighted by Crippen LogP contribution is 2.25. The van der Waals surface area contributed by atoms with Crippen LogP contribution in [0.25, 0.3) is 0 Å². The van der Waals surface area contributed by atoms with Crippen LogP contribution >= 0.6 is 0 Å². The van der Waals surface area contributed by atoms with Gasteiger partial charge in [-0.15, -0.1) is 0 Å². The van der Waals surface area contributed by atoms with Crippen LogP contribution in [0.4, 0.5) is 0 Å². The van der Waals surface area contributed by atoms with Gasteiger partial charge in [-0.1, -0.05) is 83.3 Å². The molecule has 12 heteroatoms. The molecule has 0 aromatic heterocycles. The highest BCUT2D eigenvalue weighted by atomic mass is 32.2. The Bertz CT molecular complexity index is 705. The van der Waals surface area contributed by atoms with Gasteiger partial charge in [0.2, 0.25) is 5.44 Å². The maximum absolute atomic E-state index is 11.9. The number of allylic oxidation sites excluding steroid dienone is 1. The average molecular weight is 542 g/mol. The first-order valence-electron chi connectivity index (χ1n) is 13.1. The topological polar surface area (TPSA) is 200 Å². The number of aliphatic hydroxyl groups is 5. The summed E-state index contributed by atoms with van der Waals surface area (Å²) in [6.45, 7) is 1.46. The van der Waals surface area contributed by atoms with Crippen LogP contribution in [0.1, 0.15) is 84.0 Å². The Hall–Kier alpha value is -0.670. The number of unbranched alkanes of at least 4 members (excludes halogenated alkanes) is 11. The van der Waals surface area contributed by atoms with E-state index in [-0.39, 0.29) is 0 Å². The van der Waals surface area contributed by atoms with Crippen LogP contribution in [0.5, 0.6) is 0 Å². The lowest BCUT2D eigenvalue weighted by atomic mass is 9.99. The number of ether oxygens (including phenoxy) is 2. The molecule has 36 heavy (non-hydrogen) atoms. The van der Waals surface area contributed by atoms with E-state index in [2.05, 4.69) is 6.92 Å². The molecule has 11 nitrogen and oxygen atoms in total. The van der Waals surface area contributed by atoms with E-state index in [4.69, 9.17) is 15.2 Å². The standard InChI is InChI=1S/C24H47NO10S/c1-2-3-4-5-6-7-8-9-10-11-12-13-14-15-17(27)19(25)24(36(31,32)33)35-23-22(30)21(29)20(28)18(16-26)34-23/h14-15,17-24,26-30H,2-13,16,25H2,1H3,(H,31,32,33)/b15-14+/t17?,18-,19?,20+,21+,22-,23?,24?/m1/s1. The van der Waals surface area contributed by atoms with E-state index < -0.39 is 65.0 Å². The molecule has 1 aliphatic heterocycles. The second-order valence-electron chi connectivity index (χ2n) is 9.54. The molecule has 0 spiro atoms. The largest absolute Gasteiger partial charge is 0.394 e. The quantitative estimate of drug-likeness (QED) is 0.0698. The van der Waals surface area contributed by atoms with Crippen LogP contribution in [0.2, 0.25) is 0 Å². The molecule has 8 N–H and O–H groups in total. The SMILES string of the molecule is CCCCCCCCCCCCC/C=C/C(O)C(N)C(OC1O[C@H](CO)[C@H](O)[C@H](O)[C@H]1O)S(=O)(=O)O. The number of aliphatic hydroxyl groups excluding tert-OH is 5. The fourth-order valence-corrected chi connectivity index (χ4v) is 4.93. The molecule has 4 unspecified atom stereocenters. The van der Waals surface area contributed by atoms with Gasteiger partial charge in [-0.3, -0.25) is 4.55 Å². The monoisotopic (exact) mass is 541 g/mol. The summed E-state index contributed by atoms with van der Waals surface area (Å²) in [5.41, 5.74) is 3.61. The zero-order chi connectivity index (χ0) is 27.1. The van der Waals surface area contributed by atoms with Crippen LogP contribution < -0.4 is 5.73 Å². The van der Waals surface area contributed by atoms with Gasteiger partial charge in [-0.05, 0) is 12.8 Å². The minimum Gasteiger partial charge on any atom is -0.394 e. The highest BCUT2D eigenvalue weighted by Gasteiger charge is 2.47. The molecule has 0 amide bonds. The molecule has 0 aromatic rings. The molecule has 1 aliphatic rings. The van der Waals surface area contributed by atoms with Crippen molar-refractivity contribution in [2.75, 3.05) is 6.61 Å². The molecular weight excluding hydrogens is 494 g/mol. The van der Waals surface area contributed by atoms with Crippen LogP contribution in [-0.4, -0.2) is 93.4 Å². The summed E-state index contributed by atoms with van der Waals surface area (Å²) in [6.07, 6.45) is 6.85. The lowest BCUT2D eigenvalue weighted by Gasteiger charge is -2.41. The van der Waals surface area contributed by atoms with E-state index in [0.29, 0.717) is 6.42 Å². The van der Waals surface area contributed by atoms with Crippen molar-refractivity contribution in [3.63, 3.8) is 0 Å². The van der Waals surface area contributed by atoms with Crippen molar-refractivity contribution < 1.29 is 48.0 Å². The van der Waals surface area contributed by atoms with Gasteiger partial charge in [0.1, 0.15) is 24.4 Å². The zero-order valence-electron chi connectivity index (χ0n) is 21.3. The second-order valence-corrected chi connectivity index (χ2v) is 11.0. The van der Waals surface area contributed by atoms with Gasteiger partial charge >= 0.3 is 0 Å². The molecule has 1 heterocycles. The van der Waals surface area contributed by atoms with Crippen molar-refractivity contribution in [3.05, 3.63) is 12.2 Å². The average Bonchev–Trinajstić information content (AvgIpc) is 2.83. The molecule has 214 valence electrons. The minimum atomic E-state index is -4.98. The van der Waals surface area contributed by atoms with Gasteiger partial charge in [0, 0.05) is 0 Å². The first-order valence-corrected chi connectivity index (χ1v) is 14.6. The van der Waals surface area contributed by atoms with E-state index in [0.717, 1.165) is 19.3 Å². The molecule has 0 aliphatic carbocycles. The number of hydrogen-bond acceptors (Lipinski definition) is 10. The van der Waals surface area contributed by atoms with E-state index in [1.807, 2.05) is 0 Å². The summed E-state index contributed by atoms with van der Waals surface area (Å²) in [4.78, 5) is 0. The molecule has 8 atom stereocenters. The second kappa shape index (κ2) is 17.8. The Morgan fingerprint density at radius 3 is 1.94 bits per heavy atom. The van der Waals surface area contributed by atoms with Crippen LogP contribution in [0.3, 0.4) is 0 Å². The molecule has 1 rings (SSSR count). The maximum atomic E-state index is 11.9. The van der Waals surface area contributed by atoms with Crippen LogP contribution in [0.15, 0.2) is 12.2 Å². The fraction of sp³-hybridized carbons (Fsp3) is 0.917. The van der Waals surface area contributed by atoms with E-state index in [1.54, 1.807) is 6.08 Å². The molecular formula is C24H47NO10S. The summed E-state index contributed by atoms with van der Waals surface area (Å²) in [6, 6.07) is -1.65. The van der Waals surface area contributed by atoms with Gasteiger partial charge in [0.15, 0.2) is 6.29 Å². The normalized spacial score (nSPS) is 27.8. The summed E-state index contributed by atoms with van der Waals surface area (Å²) in [5, 5.41) is 49.3. The predicted molar refractivity (Wildman–Crippen MR) is 134 cm³/mol. The lowest BCUT2D eigenvalue weighted by molar-refractivity contribution is -0.306. The third kappa shape index (κ3) is 11.8. The van der Waals surface area contributed by atoms with Crippen molar-refractivity contribution in [1.29, 1.82) is 0 Å². The summed E-state index contributed by atoms with van der Waals surface area (Å²) >= 11 is 0. The molecule has 0 saturated carbocycles. The minimum absolute atomic E-state index is 0.658. The zero-order valence-corrected chi connectivity index (χ0v) is 22.1. The van der Waals surface area contributed by atoms with Gasteiger partial charge < -0.3 is 40.7 Å². The Morgan fingerprint density at radius 1 is 0.917 bits per heavy atom. The number of hydrogen-bond donors (Lipinski definition) is 7. The Balaban J connectivity index is 2.45. The Kier molecular flexibility index (Phi) is 16.5. The molecule has 0 bridgehead atoms. The first kappa shape index (κ1) is 33.4. The van der Waals surface area contributed by atoms with Gasteiger partial charge in [-0.25, -0.2) is 0 Å². The Labute approximate surface area is 215 Å². The molecule has 0 radical (unpaired) electrons. The van der Waals surface area contributed by atoms with Gasteiger partial charge in [-0.2, -0.15) is 8.42 Å². The summed E-state index contributed by atoms with van der Waals surface area (Å²) < 4.78 is 43.5. The van der Waals surface area contributed by atoms with Crippen LogP contribution in [0, 0.1) is 0 Å². The van der Waals surface area contributed by atoms with Crippen molar-refractivity contribution >= 4 is 10.1 Å². The van der Waals surface area contributed by atoms with Crippen molar-refractivity contribution in [2.24, 2.45) is 5.73 Å². The van der Waals surface area contributed by atoms with E-state index >= 15 is 0 Å². The van der Waals surface area contributed by atoms with Crippen molar-refractivity contribution in [3.8, 4) is 0 Å². The summed E-state index contributed by atoms with van der Waals surface area (Å²) in [5.74, 6) is 0. The maximum Gasteiger partial charge on any atom is 0.294 e. The molecule has 0 aromatic carbocycles. The number of nitrogens with two attached hydrogens (primary N) is 1. The van der Waals surface area contributed by atoms with Crippen molar-refractivity contribution in [1.82, 2.24) is 0 Å². The van der Waals surface area contributed by atoms with Gasteiger partial charge in [0.05, 0.1) is 18.8 Å². The Morgan fingerprint density at radius 2 is 1.44 bits per heavy atom. The number of rotatable bonds is 19. The summed E-state index contributed by atoms with van der Waals surface area (Å²) in [7, 11) is -4.98. The molecule has 1 saturated heterocycles. The third-order valence-electron chi connectivity index (χ3n) is 6.43. The van der Waals surface area contributed by atoms with Gasteiger partial charge in [0.25, 0.3) is 10.1 Å². The van der Waals surface area contributed by atoms with E-state index in [9.17, 15) is 38.5 Å². The van der Waals surface area contributed by atoms with E-state index in [1.165, 1.54) is 57.4 Å². The molecule has 1 fully saturated rings. The first-order chi connectivity index (χ1) is 17.0. The van der Waals surface area contributed by atoms with Crippen LogP contribution in [-0.2, 0) is 19.6 Å². The van der Waals surface area contributed by atoms with Crippen molar-refractivity contribution in [2.45, 2.75) is 132 Å².